The van der Waals surface area contributed by atoms with Gasteiger partial charge in [-0.2, -0.15) is 15.6 Å². The normalized spacial score (nSPS) is 10.8. The zero-order valence-corrected chi connectivity index (χ0v) is 14.9. The van der Waals surface area contributed by atoms with Crippen LogP contribution in [0.25, 0.3) is 11.6 Å². The molecule has 0 spiro atoms. The van der Waals surface area contributed by atoms with Gasteiger partial charge in [-0.25, -0.2) is 4.68 Å². The quantitative estimate of drug-likeness (QED) is 0.386. The Kier molecular flexibility index (Phi) is 6.08. The maximum Gasteiger partial charge on any atom is 0.318 e. The Bertz CT molecular complexity index is 1110. The van der Waals surface area contributed by atoms with E-state index < -0.39 is 21.2 Å². The van der Waals surface area contributed by atoms with Crippen molar-refractivity contribution in [2.75, 3.05) is 19.5 Å². The third-order valence-electron chi connectivity index (χ3n) is 3.79. The number of anilines is 1. The molecule has 0 aliphatic heterocycles. The fraction of sp³-hybridized carbons (Fsp3) is 0.188. The van der Waals surface area contributed by atoms with Crippen molar-refractivity contribution in [1.29, 1.82) is 10.5 Å². The fourth-order valence-electron chi connectivity index (χ4n) is 2.54. The van der Waals surface area contributed by atoms with Gasteiger partial charge >= 0.3 is 5.69 Å². The zero-order chi connectivity index (χ0) is 21.7. The van der Waals surface area contributed by atoms with Gasteiger partial charge in [-0.05, 0) is 6.08 Å². The summed E-state index contributed by atoms with van der Waals surface area (Å²) in [5.74, 6) is -0.399. The second-order valence-electron chi connectivity index (χ2n) is 5.44. The van der Waals surface area contributed by atoms with Gasteiger partial charge in [0.05, 0.1) is 41.7 Å². The zero-order valence-electron chi connectivity index (χ0n) is 14.9. The van der Waals surface area contributed by atoms with Gasteiger partial charge in [0.1, 0.15) is 29.2 Å². The van der Waals surface area contributed by atoms with Crippen LogP contribution in [0.2, 0.25) is 0 Å². The van der Waals surface area contributed by atoms with Crippen LogP contribution in [0.1, 0.15) is 16.8 Å². The molecule has 13 heteroatoms. The minimum atomic E-state index is -0.857. The topological polar surface area (TPSA) is 207 Å². The number of nitrogen functional groups attached to an aromatic ring is 1. The van der Waals surface area contributed by atoms with Crippen LogP contribution in [-0.2, 0) is 6.54 Å². The van der Waals surface area contributed by atoms with E-state index in [9.17, 15) is 30.8 Å². The average Bonchev–Trinajstić information content (AvgIpc) is 3.00. The van der Waals surface area contributed by atoms with Crippen LogP contribution >= 0.6 is 0 Å². The van der Waals surface area contributed by atoms with Gasteiger partial charge in [-0.3, -0.25) is 20.2 Å². The summed E-state index contributed by atoms with van der Waals surface area (Å²) in [5, 5.41) is 54.4. The third-order valence-corrected chi connectivity index (χ3v) is 3.79. The smallest absolute Gasteiger partial charge is 0.318 e. The molecule has 0 bridgehead atoms. The standard InChI is InChI=1S/C16H13N7O6/c1-29-15-9(5-11(22(25)26)6-13(15)23(27)28)4-10(7-17)14-12(8-18)16(19)21(20-14)2-3-24/h4-6,24H,2-3,19H2,1H3/b10-4+. The summed E-state index contributed by atoms with van der Waals surface area (Å²) in [5.41, 5.74) is 3.87. The second kappa shape index (κ2) is 8.47. The van der Waals surface area contributed by atoms with Crippen molar-refractivity contribution in [3.63, 3.8) is 0 Å². The van der Waals surface area contributed by atoms with E-state index in [1.807, 2.05) is 0 Å². The summed E-state index contributed by atoms with van der Waals surface area (Å²) in [6.45, 7) is -0.364. The summed E-state index contributed by atoms with van der Waals surface area (Å²) in [7, 11) is 1.13. The Labute approximate surface area is 162 Å². The van der Waals surface area contributed by atoms with Crippen molar-refractivity contribution in [2.45, 2.75) is 6.54 Å². The molecule has 0 radical (unpaired) electrons. The number of nitro groups is 2. The lowest BCUT2D eigenvalue weighted by Gasteiger charge is -2.06. The second-order valence-corrected chi connectivity index (χ2v) is 5.44. The summed E-state index contributed by atoms with van der Waals surface area (Å²) in [4.78, 5) is 20.7. The van der Waals surface area contributed by atoms with Gasteiger partial charge in [0.25, 0.3) is 5.69 Å². The summed E-state index contributed by atoms with van der Waals surface area (Å²) in [6, 6.07) is 5.32. The Hall–Kier alpha value is -4.49. The monoisotopic (exact) mass is 399 g/mol. The fourth-order valence-corrected chi connectivity index (χ4v) is 2.54. The molecule has 29 heavy (non-hydrogen) atoms. The molecule has 1 heterocycles. The van der Waals surface area contributed by atoms with Crippen LogP contribution in [0.15, 0.2) is 12.1 Å². The van der Waals surface area contributed by atoms with E-state index in [4.69, 9.17) is 15.6 Å². The van der Waals surface area contributed by atoms with Crippen LogP contribution in [0, 0.1) is 42.9 Å². The minimum Gasteiger partial charge on any atom is -0.490 e. The number of hydrogen-bond acceptors (Lipinski definition) is 10. The van der Waals surface area contributed by atoms with Gasteiger partial charge < -0.3 is 15.6 Å². The lowest BCUT2D eigenvalue weighted by atomic mass is 10.0. The molecule has 148 valence electrons. The highest BCUT2D eigenvalue weighted by molar-refractivity contribution is 5.93. The molecule has 0 unspecified atom stereocenters. The molecule has 0 saturated carbocycles. The van der Waals surface area contributed by atoms with Crippen LogP contribution in [0.3, 0.4) is 0 Å². The number of non-ortho nitro benzene ring substituents is 1. The molecule has 0 atom stereocenters. The van der Waals surface area contributed by atoms with Gasteiger partial charge in [-0.15, -0.1) is 0 Å². The highest BCUT2D eigenvalue weighted by atomic mass is 16.6. The number of ether oxygens (including phenoxy) is 1. The highest BCUT2D eigenvalue weighted by Gasteiger charge is 2.26. The lowest BCUT2D eigenvalue weighted by molar-refractivity contribution is -0.394. The molecule has 3 N–H and O–H groups in total. The number of methoxy groups -OCH3 is 1. The lowest BCUT2D eigenvalue weighted by Crippen LogP contribution is -2.07. The van der Waals surface area contributed by atoms with Gasteiger partial charge in [-0.1, -0.05) is 0 Å². The minimum absolute atomic E-state index is 0.0369. The number of rotatable bonds is 7. The molecule has 2 aromatic rings. The number of aromatic nitrogens is 2. The van der Waals surface area contributed by atoms with E-state index in [0.29, 0.717) is 0 Å². The number of hydrogen-bond donors (Lipinski definition) is 2. The van der Waals surface area contributed by atoms with Crippen molar-refractivity contribution in [1.82, 2.24) is 9.78 Å². The van der Waals surface area contributed by atoms with Crippen LogP contribution in [0.5, 0.6) is 5.75 Å². The Morgan fingerprint density at radius 2 is 2.07 bits per heavy atom. The molecule has 1 aromatic carbocycles. The number of nitro benzene ring substituents is 2. The van der Waals surface area contributed by atoms with Crippen LogP contribution in [-0.4, -0.2) is 38.5 Å². The molecule has 1 aromatic heterocycles. The summed E-state index contributed by atoms with van der Waals surface area (Å²) >= 11 is 0. The molecule has 13 nitrogen and oxygen atoms in total. The first-order valence-electron chi connectivity index (χ1n) is 7.79. The van der Waals surface area contributed by atoms with E-state index >= 15 is 0 Å². The number of aliphatic hydroxyl groups is 1. The van der Waals surface area contributed by atoms with Crippen molar-refractivity contribution in [3.8, 4) is 17.9 Å². The van der Waals surface area contributed by atoms with E-state index in [0.717, 1.165) is 30.0 Å². The first kappa shape index (κ1) is 20.8. The predicted molar refractivity (Wildman–Crippen MR) is 98.2 cm³/mol. The maximum absolute atomic E-state index is 11.3. The van der Waals surface area contributed by atoms with E-state index in [2.05, 4.69) is 5.10 Å². The highest BCUT2D eigenvalue weighted by Crippen LogP contribution is 2.37. The number of nitriles is 2. The van der Waals surface area contributed by atoms with Gasteiger partial charge in [0.15, 0.2) is 0 Å². The average molecular weight is 399 g/mol. The summed E-state index contributed by atoms with van der Waals surface area (Å²) < 4.78 is 6.13. The summed E-state index contributed by atoms with van der Waals surface area (Å²) in [6.07, 6.45) is 1.07. The number of allylic oxidation sites excluding steroid dienone is 1. The maximum atomic E-state index is 11.3. The van der Waals surface area contributed by atoms with Crippen molar-refractivity contribution >= 4 is 28.8 Å². The number of nitrogens with zero attached hydrogens (tertiary/aromatic N) is 6. The number of aliphatic hydroxyl groups excluding tert-OH is 1. The number of benzene rings is 1. The third kappa shape index (κ3) is 3.95. The molecule has 0 aliphatic carbocycles. The number of nitrogens with two attached hydrogens (primary N) is 1. The largest absolute Gasteiger partial charge is 0.490 e. The first-order chi connectivity index (χ1) is 13.8. The Morgan fingerprint density at radius 1 is 1.38 bits per heavy atom. The first-order valence-corrected chi connectivity index (χ1v) is 7.79. The molecule has 2 rings (SSSR count). The molecule has 0 fully saturated rings. The van der Waals surface area contributed by atoms with Crippen LogP contribution < -0.4 is 10.5 Å². The SMILES string of the molecule is COc1c(/C=C(\C#N)c2nn(CCO)c(N)c2C#N)cc([N+](=O)[O-])cc1[N+](=O)[O-]. The Morgan fingerprint density at radius 3 is 2.55 bits per heavy atom. The Balaban J connectivity index is 2.79. The van der Waals surface area contributed by atoms with Crippen molar-refractivity contribution in [3.05, 3.63) is 49.2 Å². The van der Waals surface area contributed by atoms with E-state index in [1.165, 1.54) is 0 Å². The predicted octanol–water partition coefficient (Wildman–Crippen LogP) is 1.22. The van der Waals surface area contributed by atoms with E-state index in [-0.39, 0.29) is 47.1 Å². The molecular formula is C16H13N7O6. The van der Waals surface area contributed by atoms with Crippen molar-refractivity contribution < 1.29 is 19.7 Å². The van der Waals surface area contributed by atoms with Gasteiger partial charge in [0.2, 0.25) is 5.75 Å². The van der Waals surface area contributed by atoms with E-state index in [1.54, 1.807) is 12.1 Å². The molecule has 0 aliphatic rings. The molecule has 0 amide bonds. The van der Waals surface area contributed by atoms with Gasteiger partial charge in [0, 0.05) is 11.6 Å². The van der Waals surface area contributed by atoms with Crippen LogP contribution in [0.4, 0.5) is 17.2 Å². The van der Waals surface area contributed by atoms with Crippen molar-refractivity contribution in [2.24, 2.45) is 0 Å². The molecule has 0 saturated heterocycles. The molecular weight excluding hydrogens is 386 g/mol.